The Labute approximate surface area is 153 Å². The zero-order chi connectivity index (χ0) is 18.8. The third-order valence-electron chi connectivity index (χ3n) is 4.78. The van der Waals surface area contributed by atoms with Gasteiger partial charge in [-0.15, -0.1) is 0 Å². The molecule has 138 valence electrons. The van der Waals surface area contributed by atoms with Crippen LogP contribution in [0.2, 0.25) is 0 Å². The third-order valence-corrected chi connectivity index (χ3v) is 4.78. The fourth-order valence-corrected chi connectivity index (χ4v) is 3.55. The largest absolute Gasteiger partial charge is 0.353 e. The van der Waals surface area contributed by atoms with Gasteiger partial charge in [-0.3, -0.25) is 4.79 Å². The molecule has 1 saturated heterocycles. The molecule has 0 atom stereocenters. The van der Waals surface area contributed by atoms with Gasteiger partial charge >= 0.3 is 0 Å². The summed E-state index contributed by atoms with van der Waals surface area (Å²) in [4.78, 5) is 25.7. The second kappa shape index (κ2) is 7.40. The van der Waals surface area contributed by atoms with E-state index in [-0.39, 0.29) is 11.5 Å². The van der Waals surface area contributed by atoms with Crippen LogP contribution in [0.3, 0.4) is 0 Å². The predicted octanol–water partition coefficient (Wildman–Crippen LogP) is 3.32. The molecule has 3 rings (SSSR count). The van der Waals surface area contributed by atoms with Crippen molar-refractivity contribution in [1.82, 2.24) is 14.9 Å². The van der Waals surface area contributed by atoms with Crippen LogP contribution >= 0.6 is 0 Å². The van der Waals surface area contributed by atoms with E-state index in [2.05, 4.69) is 28.7 Å². The second-order valence-electron chi connectivity index (χ2n) is 7.01. The molecule has 1 aliphatic heterocycles. The molecule has 26 heavy (non-hydrogen) atoms. The molecule has 1 aromatic heterocycles. The van der Waals surface area contributed by atoms with Gasteiger partial charge in [0.05, 0.1) is 5.56 Å². The molecule has 0 aliphatic carbocycles. The van der Waals surface area contributed by atoms with Gasteiger partial charge in [-0.1, -0.05) is 26.0 Å². The van der Waals surface area contributed by atoms with Gasteiger partial charge in [0.15, 0.2) is 0 Å². The molecule has 0 spiro atoms. The van der Waals surface area contributed by atoms with Crippen LogP contribution in [0, 0.1) is 19.7 Å². The number of piperazine rings is 1. The number of rotatable bonds is 3. The van der Waals surface area contributed by atoms with Gasteiger partial charge < -0.3 is 9.80 Å². The molecular formula is C20H25FN4O. The first-order valence-electron chi connectivity index (χ1n) is 9.02. The lowest BCUT2D eigenvalue weighted by molar-refractivity contribution is 0.0741. The minimum Gasteiger partial charge on any atom is -0.353 e. The maximum absolute atomic E-state index is 13.9. The van der Waals surface area contributed by atoms with E-state index in [1.807, 2.05) is 13.8 Å². The molecule has 1 aliphatic rings. The highest BCUT2D eigenvalue weighted by Crippen LogP contribution is 2.29. The Balaban J connectivity index is 1.77. The Morgan fingerprint density at radius 3 is 2.35 bits per heavy atom. The molecule has 0 saturated carbocycles. The van der Waals surface area contributed by atoms with E-state index < -0.39 is 5.82 Å². The molecule has 6 heteroatoms. The first kappa shape index (κ1) is 18.3. The monoisotopic (exact) mass is 356 g/mol. The molecule has 1 amide bonds. The zero-order valence-corrected chi connectivity index (χ0v) is 15.8. The third kappa shape index (κ3) is 3.54. The van der Waals surface area contributed by atoms with E-state index >= 15 is 0 Å². The Bertz CT molecular complexity index is 813. The van der Waals surface area contributed by atoms with Gasteiger partial charge in [0.1, 0.15) is 17.5 Å². The van der Waals surface area contributed by atoms with Crippen molar-refractivity contribution < 1.29 is 9.18 Å². The van der Waals surface area contributed by atoms with E-state index in [0.29, 0.717) is 32.1 Å². The molecule has 5 nitrogen and oxygen atoms in total. The minimum atomic E-state index is -0.468. The SMILES string of the molecule is Cc1nc(C)c(C(C)C)c(N2CCN(C(=O)c3ccccc3F)CC2)n1. The Morgan fingerprint density at radius 2 is 1.73 bits per heavy atom. The molecule has 0 unspecified atom stereocenters. The van der Waals surface area contributed by atoms with E-state index in [1.54, 1.807) is 17.0 Å². The fraction of sp³-hybridized carbons (Fsp3) is 0.450. The number of amides is 1. The standard InChI is InChI=1S/C20H25FN4O/c1-13(2)18-14(3)22-15(4)23-19(18)24-9-11-25(12-10-24)20(26)16-7-5-6-8-17(16)21/h5-8,13H,9-12H2,1-4H3. The summed E-state index contributed by atoms with van der Waals surface area (Å²) in [6.45, 7) is 10.7. The van der Waals surface area contributed by atoms with Crippen LogP contribution in [0.4, 0.5) is 10.2 Å². The summed E-state index contributed by atoms with van der Waals surface area (Å²) in [5.74, 6) is 1.32. The van der Waals surface area contributed by atoms with Crippen molar-refractivity contribution in [3.63, 3.8) is 0 Å². The lowest BCUT2D eigenvalue weighted by Crippen LogP contribution is -2.49. The average Bonchev–Trinajstić information content (AvgIpc) is 2.60. The van der Waals surface area contributed by atoms with Crippen LogP contribution in [-0.4, -0.2) is 47.0 Å². The lowest BCUT2D eigenvalue weighted by atomic mass is 10.0. The number of anilines is 1. The quantitative estimate of drug-likeness (QED) is 0.847. The van der Waals surface area contributed by atoms with Crippen LogP contribution in [0.5, 0.6) is 0 Å². The second-order valence-corrected chi connectivity index (χ2v) is 7.01. The summed E-state index contributed by atoms with van der Waals surface area (Å²) < 4.78 is 13.9. The Hall–Kier alpha value is -2.50. The van der Waals surface area contributed by atoms with E-state index in [9.17, 15) is 9.18 Å². The van der Waals surface area contributed by atoms with Crippen molar-refractivity contribution >= 4 is 11.7 Å². The molecule has 2 aromatic rings. The van der Waals surface area contributed by atoms with Crippen molar-refractivity contribution in [2.45, 2.75) is 33.6 Å². The molecule has 1 fully saturated rings. The normalized spacial score (nSPS) is 14.8. The number of carbonyl (C=O) groups is 1. The lowest BCUT2D eigenvalue weighted by Gasteiger charge is -2.37. The summed E-state index contributed by atoms with van der Waals surface area (Å²) in [7, 11) is 0. The summed E-state index contributed by atoms with van der Waals surface area (Å²) in [6.07, 6.45) is 0. The van der Waals surface area contributed by atoms with Gasteiger partial charge in [0, 0.05) is 37.4 Å². The van der Waals surface area contributed by atoms with Gasteiger partial charge in [0.25, 0.3) is 5.91 Å². The molecule has 1 aromatic carbocycles. The van der Waals surface area contributed by atoms with Crippen LogP contribution in [-0.2, 0) is 0 Å². The summed E-state index contributed by atoms with van der Waals surface area (Å²) in [5, 5.41) is 0. The molecule has 0 bridgehead atoms. The van der Waals surface area contributed by atoms with Crippen molar-refractivity contribution in [3.8, 4) is 0 Å². The summed E-state index contributed by atoms with van der Waals surface area (Å²) in [5.41, 5.74) is 2.30. The number of aromatic nitrogens is 2. The van der Waals surface area contributed by atoms with Crippen LogP contribution in [0.15, 0.2) is 24.3 Å². The number of nitrogens with zero attached hydrogens (tertiary/aromatic N) is 4. The maximum Gasteiger partial charge on any atom is 0.256 e. The Kier molecular flexibility index (Phi) is 5.20. The van der Waals surface area contributed by atoms with Crippen molar-refractivity contribution in [3.05, 3.63) is 52.7 Å². The topological polar surface area (TPSA) is 49.3 Å². The van der Waals surface area contributed by atoms with E-state index in [0.717, 1.165) is 22.9 Å². The van der Waals surface area contributed by atoms with Gasteiger partial charge in [-0.2, -0.15) is 0 Å². The maximum atomic E-state index is 13.9. The van der Waals surface area contributed by atoms with E-state index in [1.165, 1.54) is 12.1 Å². The van der Waals surface area contributed by atoms with Crippen molar-refractivity contribution in [2.75, 3.05) is 31.1 Å². The smallest absolute Gasteiger partial charge is 0.256 e. The number of aryl methyl sites for hydroxylation is 2. The van der Waals surface area contributed by atoms with Crippen molar-refractivity contribution in [2.24, 2.45) is 0 Å². The first-order chi connectivity index (χ1) is 12.4. The average molecular weight is 356 g/mol. The molecular weight excluding hydrogens is 331 g/mol. The van der Waals surface area contributed by atoms with Crippen LogP contribution in [0.25, 0.3) is 0 Å². The van der Waals surface area contributed by atoms with Gasteiger partial charge in [0.2, 0.25) is 0 Å². The molecule has 2 heterocycles. The molecule has 0 radical (unpaired) electrons. The highest BCUT2D eigenvalue weighted by Gasteiger charge is 2.27. The number of carbonyl (C=O) groups excluding carboxylic acids is 1. The summed E-state index contributed by atoms with van der Waals surface area (Å²) in [6, 6.07) is 6.15. The van der Waals surface area contributed by atoms with E-state index in [4.69, 9.17) is 0 Å². The van der Waals surface area contributed by atoms with Crippen molar-refractivity contribution in [1.29, 1.82) is 0 Å². The number of hydrogen-bond acceptors (Lipinski definition) is 4. The number of hydrogen-bond donors (Lipinski definition) is 0. The van der Waals surface area contributed by atoms with Gasteiger partial charge in [-0.05, 0) is 31.9 Å². The Morgan fingerprint density at radius 1 is 1.08 bits per heavy atom. The van der Waals surface area contributed by atoms with Crippen LogP contribution < -0.4 is 4.90 Å². The molecule has 0 N–H and O–H groups in total. The van der Waals surface area contributed by atoms with Gasteiger partial charge in [-0.25, -0.2) is 14.4 Å². The number of halogens is 1. The predicted molar refractivity (Wildman–Crippen MR) is 100 cm³/mol. The highest BCUT2D eigenvalue weighted by atomic mass is 19.1. The highest BCUT2D eigenvalue weighted by molar-refractivity contribution is 5.94. The summed E-state index contributed by atoms with van der Waals surface area (Å²) >= 11 is 0. The van der Waals surface area contributed by atoms with Crippen LogP contribution in [0.1, 0.15) is 47.2 Å². The number of benzene rings is 1. The zero-order valence-electron chi connectivity index (χ0n) is 15.8. The first-order valence-corrected chi connectivity index (χ1v) is 9.02. The minimum absolute atomic E-state index is 0.137. The fourth-order valence-electron chi connectivity index (χ4n) is 3.55.